The fraction of sp³-hybridized carbons (Fsp3) is 0.417. The van der Waals surface area contributed by atoms with E-state index in [-0.39, 0.29) is 58.5 Å². The van der Waals surface area contributed by atoms with Crippen molar-refractivity contribution in [3.8, 4) is 0 Å². The van der Waals surface area contributed by atoms with Crippen LogP contribution in [-0.4, -0.2) is 73.2 Å². The van der Waals surface area contributed by atoms with Gasteiger partial charge < -0.3 is 66.3 Å². The second-order valence-corrected chi connectivity index (χ2v) is 20.2. The number of carbonyl (C=O) groups is 4. The van der Waals surface area contributed by atoms with Crippen LogP contribution in [0.25, 0.3) is 0 Å². The summed E-state index contributed by atoms with van der Waals surface area (Å²) >= 11 is 2.86. The van der Waals surface area contributed by atoms with Gasteiger partial charge in [-0.15, -0.1) is 23.5 Å². The van der Waals surface area contributed by atoms with Crippen molar-refractivity contribution in [3.63, 3.8) is 0 Å². The molecule has 0 aliphatic rings. The van der Waals surface area contributed by atoms with E-state index in [1.54, 1.807) is 18.2 Å². The predicted octanol–water partition coefficient (Wildman–Crippen LogP) is 5.77. The lowest BCUT2D eigenvalue weighted by atomic mass is 9.86. The Morgan fingerprint density at radius 1 is 0.544 bits per heavy atom. The standard InChI is InChI=1S/C48H72N14O4S2/c1-29(49)55-20-22-67-41-35(59-39(63)16-9-11-18-57-45(51)52)25-33(47(3,4)5)27-37(41)61-43(65)31-14-13-15-32(24-31)44(66)62-38-28-34(48(6,7)8)26-36(42(38)68-23-21-56-30(2)50)60-40(64)17-10-12-19-58-46(53)54/h13-15,24-28,55-56H,1-2,9-12,16-23,49-50H2,3-8H3,(H,59,63)(H,60,64)(H,61,65)(H,62,66)(H4,51,52,57)(H4,53,54,58). The Morgan fingerprint density at radius 3 is 1.22 bits per heavy atom. The number of nitrogens with one attached hydrogen (secondary N) is 6. The quantitative estimate of drug-likeness (QED) is 0.0197. The number of benzene rings is 3. The van der Waals surface area contributed by atoms with Gasteiger partial charge in [-0.25, -0.2) is 0 Å². The lowest BCUT2D eigenvalue weighted by Crippen LogP contribution is -2.23. The number of nitrogens with zero attached hydrogens (tertiary/aromatic N) is 2. The van der Waals surface area contributed by atoms with Gasteiger partial charge in [0.15, 0.2) is 11.9 Å². The summed E-state index contributed by atoms with van der Waals surface area (Å²) in [5, 5.41) is 18.4. The van der Waals surface area contributed by atoms with Crippen molar-refractivity contribution < 1.29 is 19.2 Å². The third-order valence-electron chi connectivity index (χ3n) is 9.96. The Balaban J connectivity index is 2.01. The first-order valence-corrected chi connectivity index (χ1v) is 24.3. The van der Waals surface area contributed by atoms with Crippen LogP contribution in [0.5, 0.6) is 0 Å². The summed E-state index contributed by atoms with van der Waals surface area (Å²) in [6.45, 7) is 21.4. The topological polar surface area (TPSA) is 321 Å². The van der Waals surface area contributed by atoms with E-state index in [0.717, 1.165) is 11.1 Å². The molecule has 0 radical (unpaired) electrons. The van der Waals surface area contributed by atoms with Crippen LogP contribution in [0.4, 0.5) is 22.7 Å². The molecule has 3 rings (SSSR count). The van der Waals surface area contributed by atoms with Crippen molar-refractivity contribution in [1.82, 2.24) is 10.6 Å². The Hall–Kier alpha value is -6.54. The first-order chi connectivity index (χ1) is 31.9. The summed E-state index contributed by atoms with van der Waals surface area (Å²) in [5.41, 5.74) is 36.8. The normalized spacial score (nSPS) is 11.1. The molecule has 0 atom stereocenters. The lowest BCUT2D eigenvalue weighted by molar-refractivity contribution is -0.117. The third-order valence-corrected chi connectivity index (χ3v) is 12.2. The summed E-state index contributed by atoms with van der Waals surface area (Å²) in [6.07, 6.45) is 2.84. The minimum atomic E-state index is -0.471. The van der Waals surface area contributed by atoms with Gasteiger partial charge in [0, 0.05) is 61.7 Å². The first-order valence-electron chi connectivity index (χ1n) is 22.4. The number of nitrogens with two attached hydrogens (primary N) is 6. The molecule has 18 nitrogen and oxygen atoms in total. The van der Waals surface area contributed by atoms with Crippen molar-refractivity contribution in [2.45, 2.75) is 101 Å². The average molecular weight is 973 g/mol. The maximum Gasteiger partial charge on any atom is 0.255 e. The zero-order chi connectivity index (χ0) is 50.6. The van der Waals surface area contributed by atoms with Gasteiger partial charge in [0.05, 0.1) is 44.2 Å². The maximum absolute atomic E-state index is 14.3. The van der Waals surface area contributed by atoms with E-state index >= 15 is 0 Å². The van der Waals surface area contributed by atoms with Gasteiger partial charge in [-0.3, -0.25) is 29.2 Å². The third kappa shape index (κ3) is 19.7. The van der Waals surface area contributed by atoms with Gasteiger partial charge in [0.2, 0.25) is 11.8 Å². The van der Waals surface area contributed by atoms with Crippen LogP contribution in [0, 0.1) is 0 Å². The second-order valence-electron chi connectivity index (χ2n) is 18.0. The van der Waals surface area contributed by atoms with Crippen molar-refractivity contribution in [1.29, 1.82) is 0 Å². The first kappa shape index (κ1) is 55.8. The van der Waals surface area contributed by atoms with Gasteiger partial charge in [-0.05, 0) is 90.1 Å². The van der Waals surface area contributed by atoms with Crippen molar-refractivity contribution in [2.75, 3.05) is 59.0 Å². The molecule has 18 N–H and O–H groups in total. The van der Waals surface area contributed by atoms with Crippen molar-refractivity contribution in [3.05, 3.63) is 95.6 Å². The van der Waals surface area contributed by atoms with Gasteiger partial charge >= 0.3 is 0 Å². The molecule has 3 aromatic carbocycles. The summed E-state index contributed by atoms with van der Waals surface area (Å²) < 4.78 is 0. The molecule has 0 aliphatic carbocycles. The maximum atomic E-state index is 14.3. The van der Waals surface area contributed by atoms with Gasteiger partial charge in [-0.2, -0.15) is 0 Å². The number of amides is 4. The van der Waals surface area contributed by atoms with Crippen LogP contribution < -0.4 is 66.3 Å². The highest BCUT2D eigenvalue weighted by atomic mass is 32.2. The van der Waals surface area contributed by atoms with E-state index in [9.17, 15) is 19.2 Å². The Kier molecular flexibility index (Phi) is 21.9. The zero-order valence-electron chi connectivity index (χ0n) is 40.3. The SMILES string of the molecule is C=C(N)NCCSc1c(NC(=O)CCCCN=C(N)N)cc(C(C)(C)C)cc1NC(=O)c1cccc(C(=O)Nc2cc(C(C)(C)C)cc(NC(=O)CCCCN=C(N)N)c2SCCNC(=C)N)c1. The molecule has 0 bridgehead atoms. The van der Waals surface area contributed by atoms with Crippen molar-refractivity contribution >= 4 is 81.8 Å². The summed E-state index contributed by atoms with van der Waals surface area (Å²) in [4.78, 5) is 64.5. The molecule has 20 heteroatoms. The molecule has 0 aliphatic heterocycles. The molecule has 370 valence electrons. The molecule has 0 unspecified atom stereocenters. The van der Waals surface area contributed by atoms with E-state index in [1.807, 2.05) is 65.8 Å². The number of unbranched alkanes of at least 4 members (excludes halogenated alkanes) is 2. The molecule has 0 aromatic heterocycles. The van der Waals surface area contributed by atoms with Gasteiger partial charge in [0.1, 0.15) is 0 Å². The molecular formula is C48H72N14O4S2. The highest BCUT2D eigenvalue weighted by Crippen LogP contribution is 2.41. The fourth-order valence-electron chi connectivity index (χ4n) is 6.36. The van der Waals surface area contributed by atoms with Crippen LogP contribution >= 0.6 is 23.5 Å². The molecule has 0 spiro atoms. The van der Waals surface area contributed by atoms with E-state index in [4.69, 9.17) is 34.4 Å². The number of anilines is 4. The van der Waals surface area contributed by atoms with E-state index < -0.39 is 11.8 Å². The monoisotopic (exact) mass is 973 g/mol. The van der Waals surface area contributed by atoms with E-state index in [0.29, 0.717) is 108 Å². The van der Waals surface area contributed by atoms with Gasteiger partial charge in [-0.1, -0.05) is 60.8 Å². The molecule has 0 saturated carbocycles. The number of carbonyl (C=O) groups excluding carboxylic acids is 4. The van der Waals surface area contributed by atoms with Crippen LogP contribution in [-0.2, 0) is 20.4 Å². The minimum Gasteiger partial charge on any atom is -0.386 e. The molecule has 68 heavy (non-hydrogen) atoms. The largest absolute Gasteiger partial charge is 0.386 e. The predicted molar refractivity (Wildman–Crippen MR) is 283 cm³/mol. The fourth-order valence-corrected chi connectivity index (χ4v) is 8.24. The number of aliphatic imine (C=N–C) groups is 2. The summed E-state index contributed by atoms with van der Waals surface area (Å²) in [7, 11) is 0. The Bertz CT molecular complexity index is 2170. The highest BCUT2D eigenvalue weighted by molar-refractivity contribution is 7.99. The lowest BCUT2D eigenvalue weighted by Gasteiger charge is -2.25. The second kappa shape index (κ2) is 26.7. The minimum absolute atomic E-state index is 0.000638. The molecule has 0 saturated heterocycles. The number of thioether (sulfide) groups is 2. The highest BCUT2D eigenvalue weighted by Gasteiger charge is 2.25. The molecule has 3 aromatic rings. The molecule has 4 amide bonds. The Labute approximate surface area is 409 Å². The van der Waals surface area contributed by atoms with E-state index in [2.05, 4.69) is 55.0 Å². The number of hydrogen-bond acceptors (Lipinski definition) is 12. The van der Waals surface area contributed by atoms with E-state index in [1.165, 1.54) is 29.6 Å². The van der Waals surface area contributed by atoms with Crippen LogP contribution in [0.2, 0.25) is 0 Å². The summed E-state index contributed by atoms with van der Waals surface area (Å²) in [5.74, 6) is 0.331. The van der Waals surface area contributed by atoms with Crippen LogP contribution in [0.15, 0.2) is 93.1 Å². The average Bonchev–Trinajstić information content (AvgIpc) is 3.23. The Morgan fingerprint density at radius 2 is 0.897 bits per heavy atom. The smallest absolute Gasteiger partial charge is 0.255 e. The van der Waals surface area contributed by atoms with Crippen LogP contribution in [0.3, 0.4) is 0 Å². The molecule has 0 fully saturated rings. The summed E-state index contributed by atoms with van der Waals surface area (Å²) in [6, 6.07) is 14.1. The number of rotatable bonds is 26. The molecular weight excluding hydrogens is 901 g/mol. The van der Waals surface area contributed by atoms with Gasteiger partial charge in [0.25, 0.3) is 11.8 Å². The van der Waals surface area contributed by atoms with Crippen LogP contribution in [0.1, 0.15) is 112 Å². The number of guanidine groups is 2. The zero-order valence-corrected chi connectivity index (χ0v) is 42.0. The van der Waals surface area contributed by atoms with Crippen molar-refractivity contribution in [2.24, 2.45) is 44.4 Å². The number of hydrogen-bond donors (Lipinski definition) is 12. The molecule has 0 heterocycles.